The molecule has 136 valence electrons. The number of unbranched alkanes of at least 4 members (excludes halogenated alkanes) is 1. The molecule has 0 radical (unpaired) electrons. The number of nitrogens with zero attached hydrogens (tertiary/aromatic N) is 2. The third-order valence-electron chi connectivity index (χ3n) is 4.39. The van der Waals surface area contributed by atoms with E-state index in [4.69, 9.17) is 4.52 Å². The topological polar surface area (TPSA) is 51.0 Å². The average molecular weight is 349 g/mol. The van der Waals surface area contributed by atoms with E-state index in [0.29, 0.717) is 5.82 Å². The van der Waals surface area contributed by atoms with Gasteiger partial charge in [-0.3, -0.25) is 0 Å². The second-order valence-corrected chi connectivity index (χ2v) is 6.58. The first kappa shape index (κ1) is 18.3. The van der Waals surface area contributed by atoms with Crippen molar-refractivity contribution in [2.45, 2.75) is 45.6 Å². The van der Waals surface area contributed by atoms with Gasteiger partial charge in [-0.15, -0.1) is 0 Å². The molecule has 1 aromatic heterocycles. The molecule has 3 aromatic rings. The van der Waals surface area contributed by atoms with Crippen LogP contribution in [0.1, 0.15) is 43.2 Å². The monoisotopic (exact) mass is 349 g/mol. The van der Waals surface area contributed by atoms with Crippen molar-refractivity contribution < 1.29 is 4.52 Å². The van der Waals surface area contributed by atoms with Gasteiger partial charge >= 0.3 is 0 Å². The maximum Gasteiger partial charge on any atom is 0.226 e. The molecule has 26 heavy (non-hydrogen) atoms. The molecule has 0 saturated heterocycles. The molecule has 0 aliphatic rings. The third-order valence-corrected chi connectivity index (χ3v) is 4.39. The van der Waals surface area contributed by atoms with Gasteiger partial charge in [0.05, 0.1) is 0 Å². The predicted octanol–water partition coefficient (Wildman–Crippen LogP) is 4.80. The largest absolute Gasteiger partial charge is 0.339 e. The number of nitrogens with one attached hydrogen (secondary N) is 1. The standard InChI is InChI=1S/C22H27N3O/c1-2-16-23-17-19-12-14-20(15-13-19)22-24-21(26-25-22)11-7-6-10-18-8-4-3-5-9-18/h3-5,8-9,12-15,23H,2,6-7,10-11,16-17H2,1H3. The lowest BCUT2D eigenvalue weighted by molar-refractivity contribution is 0.375. The minimum absolute atomic E-state index is 0.677. The number of benzene rings is 2. The molecule has 1 heterocycles. The van der Waals surface area contributed by atoms with Gasteiger partial charge in [0.25, 0.3) is 0 Å². The fourth-order valence-electron chi connectivity index (χ4n) is 2.90. The summed E-state index contributed by atoms with van der Waals surface area (Å²) < 4.78 is 5.41. The molecular weight excluding hydrogens is 322 g/mol. The zero-order valence-corrected chi connectivity index (χ0v) is 15.4. The highest BCUT2D eigenvalue weighted by molar-refractivity contribution is 5.54. The highest BCUT2D eigenvalue weighted by Crippen LogP contribution is 2.17. The van der Waals surface area contributed by atoms with Gasteiger partial charge in [-0.1, -0.05) is 66.7 Å². The van der Waals surface area contributed by atoms with Gasteiger partial charge in [0, 0.05) is 18.5 Å². The van der Waals surface area contributed by atoms with E-state index in [0.717, 1.165) is 56.6 Å². The predicted molar refractivity (Wildman–Crippen MR) is 105 cm³/mol. The summed E-state index contributed by atoms with van der Waals surface area (Å²) in [6.45, 7) is 4.11. The van der Waals surface area contributed by atoms with E-state index in [9.17, 15) is 0 Å². The fraction of sp³-hybridized carbons (Fsp3) is 0.364. The number of aromatic nitrogens is 2. The summed E-state index contributed by atoms with van der Waals surface area (Å²) in [5.74, 6) is 1.40. The summed E-state index contributed by atoms with van der Waals surface area (Å²) >= 11 is 0. The summed E-state index contributed by atoms with van der Waals surface area (Å²) in [5.41, 5.74) is 3.66. The number of hydrogen-bond acceptors (Lipinski definition) is 4. The van der Waals surface area contributed by atoms with Crippen molar-refractivity contribution >= 4 is 0 Å². The Morgan fingerprint density at radius 3 is 2.42 bits per heavy atom. The molecule has 0 fully saturated rings. The fourth-order valence-corrected chi connectivity index (χ4v) is 2.90. The second kappa shape index (κ2) is 9.88. The summed E-state index contributed by atoms with van der Waals surface area (Å²) in [6, 6.07) is 18.9. The lowest BCUT2D eigenvalue weighted by Crippen LogP contribution is -2.13. The van der Waals surface area contributed by atoms with Gasteiger partial charge in [-0.25, -0.2) is 0 Å². The van der Waals surface area contributed by atoms with Crippen LogP contribution in [0.25, 0.3) is 11.4 Å². The zero-order valence-electron chi connectivity index (χ0n) is 15.4. The average Bonchev–Trinajstić information content (AvgIpc) is 3.16. The van der Waals surface area contributed by atoms with Crippen LogP contribution in [0, 0.1) is 0 Å². The van der Waals surface area contributed by atoms with Crippen molar-refractivity contribution in [2.24, 2.45) is 0 Å². The van der Waals surface area contributed by atoms with E-state index in [1.54, 1.807) is 0 Å². The van der Waals surface area contributed by atoms with Gasteiger partial charge in [0.1, 0.15) is 0 Å². The molecule has 0 amide bonds. The Morgan fingerprint density at radius 1 is 0.885 bits per heavy atom. The molecule has 0 unspecified atom stereocenters. The molecule has 0 atom stereocenters. The van der Waals surface area contributed by atoms with Gasteiger partial charge in [0.15, 0.2) is 0 Å². The number of aryl methyl sites for hydroxylation is 2. The first-order valence-corrected chi connectivity index (χ1v) is 9.51. The van der Waals surface area contributed by atoms with Crippen LogP contribution in [0.15, 0.2) is 59.1 Å². The Bertz CT molecular complexity index is 766. The minimum atomic E-state index is 0.677. The van der Waals surface area contributed by atoms with Crippen molar-refractivity contribution in [2.75, 3.05) is 6.54 Å². The Hall–Kier alpha value is -2.46. The van der Waals surface area contributed by atoms with E-state index >= 15 is 0 Å². The summed E-state index contributed by atoms with van der Waals surface area (Å²) in [4.78, 5) is 4.54. The van der Waals surface area contributed by atoms with Gasteiger partial charge in [-0.05, 0) is 43.4 Å². The van der Waals surface area contributed by atoms with Crippen LogP contribution in [0.5, 0.6) is 0 Å². The molecular formula is C22H27N3O. The molecule has 0 aliphatic heterocycles. The molecule has 1 N–H and O–H groups in total. The quantitative estimate of drug-likeness (QED) is 0.534. The smallest absolute Gasteiger partial charge is 0.226 e. The number of rotatable bonds is 10. The van der Waals surface area contributed by atoms with Crippen LogP contribution in [0.3, 0.4) is 0 Å². The van der Waals surface area contributed by atoms with E-state index in [1.165, 1.54) is 11.1 Å². The van der Waals surface area contributed by atoms with E-state index in [1.807, 2.05) is 0 Å². The van der Waals surface area contributed by atoms with Crippen LogP contribution < -0.4 is 5.32 Å². The minimum Gasteiger partial charge on any atom is -0.339 e. The maximum atomic E-state index is 5.41. The van der Waals surface area contributed by atoms with Crippen molar-refractivity contribution in [3.05, 3.63) is 71.6 Å². The maximum absolute atomic E-state index is 5.41. The van der Waals surface area contributed by atoms with Crippen molar-refractivity contribution in [1.29, 1.82) is 0 Å². The lowest BCUT2D eigenvalue weighted by atomic mass is 10.1. The molecule has 0 saturated carbocycles. The van der Waals surface area contributed by atoms with Gasteiger partial charge in [0.2, 0.25) is 11.7 Å². The lowest BCUT2D eigenvalue weighted by Gasteiger charge is -2.03. The normalized spacial score (nSPS) is 11.0. The first-order chi connectivity index (χ1) is 12.8. The highest BCUT2D eigenvalue weighted by atomic mass is 16.5. The van der Waals surface area contributed by atoms with Gasteiger partial charge in [-0.2, -0.15) is 4.98 Å². The Labute approximate surface area is 155 Å². The molecule has 0 aliphatic carbocycles. The molecule has 4 heteroatoms. The second-order valence-electron chi connectivity index (χ2n) is 6.58. The molecule has 3 rings (SSSR count). The van der Waals surface area contributed by atoms with Gasteiger partial charge < -0.3 is 9.84 Å². The SMILES string of the molecule is CCCNCc1ccc(-c2noc(CCCCc3ccccc3)n2)cc1. The van der Waals surface area contributed by atoms with Crippen molar-refractivity contribution in [1.82, 2.24) is 15.5 Å². The van der Waals surface area contributed by atoms with Crippen molar-refractivity contribution in [3.8, 4) is 11.4 Å². The third kappa shape index (κ3) is 5.53. The highest BCUT2D eigenvalue weighted by Gasteiger charge is 2.08. The van der Waals surface area contributed by atoms with E-state index < -0.39 is 0 Å². The zero-order chi connectivity index (χ0) is 18.0. The summed E-state index contributed by atoms with van der Waals surface area (Å²) in [6.07, 6.45) is 5.25. The molecule has 2 aromatic carbocycles. The van der Waals surface area contributed by atoms with E-state index in [2.05, 4.69) is 77.0 Å². The Balaban J connectivity index is 1.46. The van der Waals surface area contributed by atoms with E-state index in [-0.39, 0.29) is 0 Å². The van der Waals surface area contributed by atoms with Crippen LogP contribution >= 0.6 is 0 Å². The Morgan fingerprint density at radius 2 is 1.65 bits per heavy atom. The Kier molecular flexibility index (Phi) is 6.96. The van der Waals surface area contributed by atoms with Crippen LogP contribution in [0.2, 0.25) is 0 Å². The van der Waals surface area contributed by atoms with Crippen LogP contribution in [-0.4, -0.2) is 16.7 Å². The molecule has 0 spiro atoms. The first-order valence-electron chi connectivity index (χ1n) is 9.51. The molecule has 0 bridgehead atoms. The summed E-state index contributed by atoms with van der Waals surface area (Å²) in [5, 5.41) is 7.53. The van der Waals surface area contributed by atoms with Crippen LogP contribution in [-0.2, 0) is 19.4 Å². The van der Waals surface area contributed by atoms with Crippen molar-refractivity contribution in [3.63, 3.8) is 0 Å². The summed E-state index contributed by atoms with van der Waals surface area (Å²) in [7, 11) is 0. The number of hydrogen-bond donors (Lipinski definition) is 1. The van der Waals surface area contributed by atoms with Crippen LogP contribution in [0.4, 0.5) is 0 Å². The molecule has 4 nitrogen and oxygen atoms in total.